The summed E-state index contributed by atoms with van der Waals surface area (Å²) >= 11 is 0. The number of fused-ring (bicyclic) bond motifs is 1. The van der Waals surface area contributed by atoms with E-state index in [0.29, 0.717) is 5.69 Å². The Balaban J connectivity index is 1.55. The number of benzene rings is 2. The SMILES string of the molecule is C[C@H](OC(=O)Cc1ccccc1F)C(=O)Nc1ccc2c(c1)CCC2. The van der Waals surface area contributed by atoms with Crippen LogP contribution in [0.2, 0.25) is 0 Å². The Kier molecular flexibility index (Phi) is 5.12. The van der Waals surface area contributed by atoms with Gasteiger partial charge in [0.15, 0.2) is 6.10 Å². The second kappa shape index (κ2) is 7.47. The molecule has 130 valence electrons. The first-order chi connectivity index (χ1) is 12.0. The van der Waals surface area contributed by atoms with Crippen molar-refractivity contribution in [3.63, 3.8) is 0 Å². The van der Waals surface area contributed by atoms with Crippen molar-refractivity contribution in [1.82, 2.24) is 0 Å². The van der Waals surface area contributed by atoms with Gasteiger partial charge in [0, 0.05) is 5.69 Å². The van der Waals surface area contributed by atoms with Gasteiger partial charge in [0.1, 0.15) is 5.82 Å². The molecule has 0 saturated heterocycles. The lowest BCUT2D eigenvalue weighted by atomic mass is 10.1. The fraction of sp³-hybridized carbons (Fsp3) is 0.300. The van der Waals surface area contributed by atoms with Gasteiger partial charge in [-0.15, -0.1) is 0 Å². The van der Waals surface area contributed by atoms with E-state index >= 15 is 0 Å². The molecule has 0 radical (unpaired) electrons. The summed E-state index contributed by atoms with van der Waals surface area (Å²) in [6.45, 7) is 1.50. The van der Waals surface area contributed by atoms with Crippen molar-refractivity contribution >= 4 is 17.6 Å². The predicted octanol–water partition coefficient (Wildman–Crippen LogP) is 3.43. The number of esters is 1. The lowest BCUT2D eigenvalue weighted by Gasteiger charge is -2.14. The van der Waals surface area contributed by atoms with Gasteiger partial charge in [0.05, 0.1) is 6.42 Å². The average molecular weight is 341 g/mol. The van der Waals surface area contributed by atoms with Crippen LogP contribution in [0.5, 0.6) is 0 Å². The molecule has 1 atom stereocenters. The zero-order valence-electron chi connectivity index (χ0n) is 14.0. The molecule has 0 bridgehead atoms. The summed E-state index contributed by atoms with van der Waals surface area (Å²) in [4.78, 5) is 24.1. The first-order valence-electron chi connectivity index (χ1n) is 8.38. The van der Waals surface area contributed by atoms with Crippen LogP contribution in [0.3, 0.4) is 0 Å². The highest BCUT2D eigenvalue weighted by Gasteiger charge is 2.20. The van der Waals surface area contributed by atoms with E-state index < -0.39 is 23.8 Å². The number of rotatable bonds is 5. The van der Waals surface area contributed by atoms with Crippen molar-refractivity contribution < 1.29 is 18.7 Å². The number of amides is 1. The number of nitrogens with one attached hydrogen (secondary N) is 1. The van der Waals surface area contributed by atoms with Crippen LogP contribution in [0.15, 0.2) is 42.5 Å². The molecule has 4 nitrogen and oxygen atoms in total. The van der Waals surface area contributed by atoms with Gasteiger partial charge in [-0.3, -0.25) is 9.59 Å². The maximum absolute atomic E-state index is 13.6. The van der Waals surface area contributed by atoms with Gasteiger partial charge in [-0.1, -0.05) is 24.3 Å². The van der Waals surface area contributed by atoms with Crippen LogP contribution in [-0.2, 0) is 33.6 Å². The molecule has 2 aromatic rings. The molecule has 0 aliphatic heterocycles. The second-order valence-electron chi connectivity index (χ2n) is 6.23. The molecular weight excluding hydrogens is 321 g/mol. The summed E-state index contributed by atoms with van der Waals surface area (Å²) in [5, 5.41) is 2.76. The Morgan fingerprint density at radius 2 is 1.92 bits per heavy atom. The van der Waals surface area contributed by atoms with Crippen molar-refractivity contribution in [3.8, 4) is 0 Å². The average Bonchev–Trinajstić information content (AvgIpc) is 3.04. The lowest BCUT2D eigenvalue weighted by molar-refractivity contribution is -0.152. The van der Waals surface area contributed by atoms with E-state index in [1.807, 2.05) is 18.2 Å². The lowest BCUT2D eigenvalue weighted by Crippen LogP contribution is -2.30. The number of halogens is 1. The van der Waals surface area contributed by atoms with Crippen LogP contribution in [0, 0.1) is 5.82 Å². The molecule has 0 spiro atoms. The molecule has 0 fully saturated rings. The van der Waals surface area contributed by atoms with Gasteiger partial charge in [0.2, 0.25) is 0 Å². The molecule has 3 rings (SSSR count). The van der Waals surface area contributed by atoms with Gasteiger partial charge < -0.3 is 10.1 Å². The predicted molar refractivity (Wildman–Crippen MR) is 92.8 cm³/mol. The molecule has 1 N–H and O–H groups in total. The Bertz CT molecular complexity index is 803. The van der Waals surface area contributed by atoms with E-state index in [-0.39, 0.29) is 12.0 Å². The summed E-state index contributed by atoms with van der Waals surface area (Å²) in [7, 11) is 0. The molecular formula is C20H20FNO3. The van der Waals surface area contributed by atoms with Crippen LogP contribution in [0.1, 0.15) is 30.0 Å². The van der Waals surface area contributed by atoms with E-state index in [9.17, 15) is 14.0 Å². The molecule has 25 heavy (non-hydrogen) atoms. The summed E-state index contributed by atoms with van der Waals surface area (Å²) in [5.74, 6) is -1.50. The smallest absolute Gasteiger partial charge is 0.311 e. The number of hydrogen-bond acceptors (Lipinski definition) is 3. The number of aryl methyl sites for hydroxylation is 2. The number of anilines is 1. The first-order valence-corrected chi connectivity index (χ1v) is 8.38. The minimum absolute atomic E-state index is 0.205. The maximum Gasteiger partial charge on any atom is 0.311 e. The highest BCUT2D eigenvalue weighted by Crippen LogP contribution is 2.25. The summed E-state index contributed by atoms with van der Waals surface area (Å²) < 4.78 is 18.7. The molecule has 0 aromatic heterocycles. The summed E-state index contributed by atoms with van der Waals surface area (Å²) in [5.41, 5.74) is 3.52. The van der Waals surface area contributed by atoms with Gasteiger partial charge in [-0.25, -0.2) is 4.39 Å². The number of ether oxygens (including phenoxy) is 1. The van der Waals surface area contributed by atoms with E-state index in [1.165, 1.54) is 30.2 Å². The molecule has 2 aromatic carbocycles. The van der Waals surface area contributed by atoms with Crippen LogP contribution in [0.25, 0.3) is 0 Å². The first kappa shape index (κ1) is 17.1. The number of carbonyl (C=O) groups excluding carboxylic acids is 2. The third-order valence-electron chi connectivity index (χ3n) is 4.34. The standard InChI is InChI=1S/C20H20FNO3/c1-13(25-19(23)12-16-5-2-3-8-18(16)21)20(24)22-17-10-9-14-6-4-7-15(14)11-17/h2-3,5,8-11,13H,4,6-7,12H2,1H3,(H,22,24)/t13-/m0/s1. The van der Waals surface area contributed by atoms with Gasteiger partial charge in [0.25, 0.3) is 5.91 Å². The van der Waals surface area contributed by atoms with Gasteiger partial charge in [-0.2, -0.15) is 0 Å². The normalized spacial score (nSPS) is 13.8. The molecule has 0 heterocycles. The number of carbonyl (C=O) groups is 2. The quantitative estimate of drug-likeness (QED) is 0.848. The molecule has 1 amide bonds. The monoisotopic (exact) mass is 341 g/mol. The van der Waals surface area contributed by atoms with Gasteiger partial charge in [-0.05, 0) is 61.1 Å². The molecule has 0 saturated carbocycles. The minimum atomic E-state index is -0.951. The van der Waals surface area contributed by atoms with Crippen LogP contribution in [0.4, 0.5) is 10.1 Å². The number of hydrogen-bond donors (Lipinski definition) is 1. The van der Waals surface area contributed by atoms with E-state index in [1.54, 1.807) is 12.1 Å². The highest BCUT2D eigenvalue weighted by molar-refractivity contribution is 5.95. The highest BCUT2D eigenvalue weighted by atomic mass is 19.1. The Morgan fingerprint density at radius 3 is 2.72 bits per heavy atom. The van der Waals surface area contributed by atoms with E-state index in [2.05, 4.69) is 5.32 Å². The van der Waals surface area contributed by atoms with Crippen molar-refractivity contribution in [2.24, 2.45) is 0 Å². The fourth-order valence-corrected chi connectivity index (χ4v) is 2.98. The van der Waals surface area contributed by atoms with Crippen LogP contribution >= 0.6 is 0 Å². The largest absolute Gasteiger partial charge is 0.452 e. The van der Waals surface area contributed by atoms with Crippen LogP contribution in [-0.4, -0.2) is 18.0 Å². The fourth-order valence-electron chi connectivity index (χ4n) is 2.98. The van der Waals surface area contributed by atoms with Gasteiger partial charge >= 0.3 is 5.97 Å². The third-order valence-corrected chi connectivity index (χ3v) is 4.34. The zero-order valence-corrected chi connectivity index (χ0v) is 14.0. The zero-order chi connectivity index (χ0) is 17.8. The van der Waals surface area contributed by atoms with Crippen molar-refractivity contribution in [3.05, 3.63) is 65.0 Å². The van der Waals surface area contributed by atoms with Crippen molar-refractivity contribution in [2.75, 3.05) is 5.32 Å². The Labute approximate surface area is 146 Å². The van der Waals surface area contributed by atoms with E-state index in [4.69, 9.17) is 4.74 Å². The van der Waals surface area contributed by atoms with Crippen LogP contribution < -0.4 is 5.32 Å². The second-order valence-corrected chi connectivity index (χ2v) is 6.23. The summed E-state index contributed by atoms with van der Waals surface area (Å²) in [6, 6.07) is 11.8. The van der Waals surface area contributed by atoms with E-state index in [0.717, 1.165) is 19.3 Å². The minimum Gasteiger partial charge on any atom is -0.452 e. The third kappa shape index (κ3) is 4.24. The van der Waals surface area contributed by atoms with Crippen molar-refractivity contribution in [1.29, 1.82) is 0 Å². The summed E-state index contributed by atoms with van der Waals surface area (Å²) in [6.07, 6.45) is 2.08. The molecule has 1 aliphatic carbocycles. The maximum atomic E-state index is 13.6. The topological polar surface area (TPSA) is 55.4 Å². The molecule has 1 aliphatic rings. The Hall–Kier alpha value is -2.69. The molecule has 5 heteroatoms. The van der Waals surface area contributed by atoms with Crippen molar-refractivity contribution in [2.45, 2.75) is 38.7 Å². The molecule has 0 unspecified atom stereocenters. The Morgan fingerprint density at radius 1 is 1.16 bits per heavy atom.